The molecule has 1 fully saturated rings. The minimum absolute atomic E-state index is 0.203. The summed E-state index contributed by atoms with van der Waals surface area (Å²) in [6.07, 6.45) is -3.34. The van der Waals surface area contributed by atoms with Gasteiger partial charge in [-0.25, -0.2) is 9.78 Å². The zero-order valence-corrected chi connectivity index (χ0v) is 22.7. The maximum absolute atomic E-state index is 13.4. The SMILES string of the molecule is Cc1ccccc1C1CN(C(=O)OC(C)(C)C)CCC1NC(=O)C(C)(C)COc1ncccc1C(F)(F)F. The van der Waals surface area contributed by atoms with Gasteiger partial charge in [0, 0.05) is 31.2 Å². The summed E-state index contributed by atoms with van der Waals surface area (Å²) in [6, 6.07) is 9.56. The van der Waals surface area contributed by atoms with Gasteiger partial charge < -0.3 is 19.7 Å². The van der Waals surface area contributed by atoms with Gasteiger partial charge in [-0.2, -0.15) is 13.2 Å². The Bertz CT molecular complexity index is 1140. The lowest BCUT2D eigenvalue weighted by Crippen LogP contribution is -2.54. The number of nitrogens with zero attached hydrogens (tertiary/aromatic N) is 2. The van der Waals surface area contributed by atoms with Gasteiger partial charge in [0.2, 0.25) is 11.8 Å². The minimum atomic E-state index is -4.63. The fraction of sp³-hybridized carbons (Fsp3) is 0.536. The van der Waals surface area contributed by atoms with E-state index in [9.17, 15) is 22.8 Å². The van der Waals surface area contributed by atoms with Crippen molar-refractivity contribution in [2.45, 2.75) is 71.7 Å². The van der Waals surface area contributed by atoms with Crippen LogP contribution in [0.15, 0.2) is 42.6 Å². The largest absolute Gasteiger partial charge is 0.476 e. The Morgan fingerprint density at radius 3 is 2.39 bits per heavy atom. The molecule has 208 valence electrons. The summed E-state index contributed by atoms with van der Waals surface area (Å²) in [7, 11) is 0. The number of pyridine rings is 1. The van der Waals surface area contributed by atoms with E-state index in [4.69, 9.17) is 9.47 Å². The summed E-state index contributed by atoms with van der Waals surface area (Å²) in [6.45, 7) is 11.1. The van der Waals surface area contributed by atoms with Gasteiger partial charge >= 0.3 is 12.3 Å². The lowest BCUT2D eigenvalue weighted by atomic mass is 9.83. The van der Waals surface area contributed by atoms with Crippen molar-refractivity contribution in [2.24, 2.45) is 5.41 Å². The molecule has 10 heteroatoms. The number of rotatable bonds is 6. The molecule has 2 amide bonds. The molecule has 3 rings (SSSR count). The van der Waals surface area contributed by atoms with Gasteiger partial charge in [-0.05, 0) is 71.2 Å². The van der Waals surface area contributed by atoms with Crippen LogP contribution in [0, 0.1) is 12.3 Å². The van der Waals surface area contributed by atoms with Crippen molar-refractivity contribution in [3.63, 3.8) is 0 Å². The minimum Gasteiger partial charge on any atom is -0.476 e. The number of ether oxygens (including phenoxy) is 2. The molecule has 1 saturated heterocycles. The Hall–Kier alpha value is -3.30. The second-order valence-electron chi connectivity index (χ2n) is 11.3. The van der Waals surface area contributed by atoms with Crippen LogP contribution in [-0.4, -0.2) is 53.2 Å². The summed E-state index contributed by atoms with van der Waals surface area (Å²) in [4.78, 5) is 31.5. The quantitative estimate of drug-likeness (QED) is 0.512. The van der Waals surface area contributed by atoms with E-state index in [0.717, 1.165) is 17.2 Å². The van der Waals surface area contributed by atoms with Crippen LogP contribution in [0.2, 0.25) is 0 Å². The number of aromatic nitrogens is 1. The second-order valence-corrected chi connectivity index (χ2v) is 11.3. The molecular formula is C28H36F3N3O4. The van der Waals surface area contributed by atoms with Crippen LogP contribution in [-0.2, 0) is 15.7 Å². The highest BCUT2D eigenvalue weighted by atomic mass is 19.4. The van der Waals surface area contributed by atoms with Crippen LogP contribution < -0.4 is 10.1 Å². The van der Waals surface area contributed by atoms with Crippen LogP contribution in [0.1, 0.15) is 63.6 Å². The zero-order chi connectivity index (χ0) is 28.3. The number of halogens is 3. The Balaban J connectivity index is 1.76. The number of piperidine rings is 1. The van der Waals surface area contributed by atoms with Crippen LogP contribution in [0.3, 0.4) is 0 Å². The molecule has 0 aliphatic carbocycles. The summed E-state index contributed by atoms with van der Waals surface area (Å²) in [5.74, 6) is -1.13. The van der Waals surface area contributed by atoms with Crippen molar-refractivity contribution in [3.8, 4) is 5.88 Å². The average Bonchev–Trinajstić information content (AvgIpc) is 2.82. The normalized spacial score (nSPS) is 18.6. The first-order valence-electron chi connectivity index (χ1n) is 12.6. The summed E-state index contributed by atoms with van der Waals surface area (Å²) in [5.41, 5.74) is -0.753. The molecule has 0 saturated carbocycles. The van der Waals surface area contributed by atoms with Gasteiger partial charge in [-0.1, -0.05) is 24.3 Å². The molecule has 38 heavy (non-hydrogen) atoms. The van der Waals surface area contributed by atoms with Crippen molar-refractivity contribution in [2.75, 3.05) is 19.7 Å². The molecule has 2 heterocycles. The molecule has 7 nitrogen and oxygen atoms in total. The summed E-state index contributed by atoms with van der Waals surface area (Å²) < 4.78 is 50.9. The fourth-order valence-corrected chi connectivity index (χ4v) is 4.33. The van der Waals surface area contributed by atoms with E-state index in [1.165, 1.54) is 12.3 Å². The van der Waals surface area contributed by atoms with Crippen molar-refractivity contribution in [1.29, 1.82) is 0 Å². The van der Waals surface area contributed by atoms with Gasteiger partial charge in [-0.15, -0.1) is 0 Å². The predicted octanol–water partition coefficient (Wildman–Crippen LogP) is 5.72. The second kappa shape index (κ2) is 11.2. The third kappa shape index (κ3) is 7.39. The third-order valence-corrected chi connectivity index (χ3v) is 6.43. The number of amides is 2. The number of benzene rings is 1. The number of hydrogen-bond donors (Lipinski definition) is 1. The van der Waals surface area contributed by atoms with Crippen molar-refractivity contribution in [1.82, 2.24) is 15.2 Å². The van der Waals surface area contributed by atoms with E-state index < -0.39 is 34.7 Å². The van der Waals surface area contributed by atoms with Crippen molar-refractivity contribution >= 4 is 12.0 Å². The molecule has 1 N–H and O–H groups in total. The van der Waals surface area contributed by atoms with Gasteiger partial charge in [0.15, 0.2) is 0 Å². The van der Waals surface area contributed by atoms with Gasteiger partial charge in [0.25, 0.3) is 0 Å². The molecule has 1 aliphatic rings. The highest BCUT2D eigenvalue weighted by Gasteiger charge is 2.40. The number of carbonyl (C=O) groups excluding carboxylic acids is 2. The highest BCUT2D eigenvalue weighted by Crippen LogP contribution is 2.36. The molecule has 2 aromatic rings. The highest BCUT2D eigenvalue weighted by molar-refractivity contribution is 5.82. The Morgan fingerprint density at radius 2 is 1.76 bits per heavy atom. The molecule has 1 aliphatic heterocycles. The first-order valence-corrected chi connectivity index (χ1v) is 12.6. The third-order valence-electron chi connectivity index (χ3n) is 6.43. The number of alkyl halides is 3. The molecule has 1 aromatic heterocycles. The van der Waals surface area contributed by atoms with Crippen LogP contribution in [0.25, 0.3) is 0 Å². The zero-order valence-electron chi connectivity index (χ0n) is 22.7. The van der Waals surface area contributed by atoms with Crippen molar-refractivity contribution < 1.29 is 32.2 Å². The predicted molar refractivity (Wildman–Crippen MR) is 137 cm³/mol. The molecule has 0 radical (unpaired) electrons. The maximum Gasteiger partial charge on any atom is 0.421 e. The average molecular weight is 536 g/mol. The summed E-state index contributed by atoms with van der Waals surface area (Å²) in [5, 5.41) is 3.08. The Labute approximate surface area is 221 Å². The van der Waals surface area contributed by atoms with E-state index in [1.54, 1.807) is 18.7 Å². The molecular weight excluding hydrogens is 499 g/mol. The topological polar surface area (TPSA) is 80.8 Å². The lowest BCUT2D eigenvalue weighted by Gasteiger charge is -2.41. The number of carbonyl (C=O) groups is 2. The lowest BCUT2D eigenvalue weighted by molar-refractivity contribution is -0.139. The summed E-state index contributed by atoms with van der Waals surface area (Å²) >= 11 is 0. The van der Waals surface area contributed by atoms with Crippen LogP contribution >= 0.6 is 0 Å². The van der Waals surface area contributed by atoms with E-state index in [2.05, 4.69) is 10.3 Å². The van der Waals surface area contributed by atoms with Gasteiger partial charge in [0.1, 0.15) is 17.8 Å². The van der Waals surface area contributed by atoms with Crippen LogP contribution in [0.5, 0.6) is 5.88 Å². The first kappa shape index (κ1) is 29.3. The molecule has 2 unspecified atom stereocenters. The first-order chi connectivity index (χ1) is 17.6. The van der Waals surface area contributed by atoms with Crippen LogP contribution in [0.4, 0.5) is 18.0 Å². The Kier molecular flexibility index (Phi) is 8.63. The van der Waals surface area contributed by atoms with E-state index in [-0.39, 0.29) is 24.5 Å². The van der Waals surface area contributed by atoms with E-state index in [0.29, 0.717) is 19.5 Å². The maximum atomic E-state index is 13.4. The molecule has 1 aromatic carbocycles. The smallest absolute Gasteiger partial charge is 0.421 e. The van der Waals surface area contributed by atoms with Gasteiger partial charge in [0.05, 0.1) is 5.41 Å². The molecule has 2 atom stereocenters. The number of nitrogens with one attached hydrogen (secondary N) is 1. The van der Waals surface area contributed by atoms with E-state index in [1.807, 2.05) is 52.0 Å². The standard InChI is InChI=1S/C28H36F3N3O4/c1-18-10-7-8-11-19(18)20-16-34(25(36)38-26(2,3)4)15-13-22(20)33-24(35)27(5,6)17-37-23-21(28(29,30)31)12-9-14-32-23/h7-12,14,20,22H,13,15-17H2,1-6H3,(H,33,35). The molecule has 0 bridgehead atoms. The van der Waals surface area contributed by atoms with Gasteiger partial charge in [-0.3, -0.25) is 4.79 Å². The fourth-order valence-electron chi connectivity index (χ4n) is 4.33. The number of aryl methyl sites for hydroxylation is 1. The monoisotopic (exact) mass is 535 g/mol. The Morgan fingerprint density at radius 1 is 1.08 bits per heavy atom. The number of likely N-dealkylation sites (tertiary alicyclic amines) is 1. The van der Waals surface area contributed by atoms with E-state index >= 15 is 0 Å². The number of hydrogen-bond acceptors (Lipinski definition) is 5. The molecule has 0 spiro atoms. The van der Waals surface area contributed by atoms with Crippen molar-refractivity contribution in [3.05, 3.63) is 59.3 Å².